The van der Waals surface area contributed by atoms with E-state index in [-0.39, 0.29) is 12.5 Å². The summed E-state index contributed by atoms with van der Waals surface area (Å²) in [5, 5.41) is 3.95. The number of carbonyl (C=O) groups excluding carboxylic acids is 1. The zero-order valence-corrected chi connectivity index (χ0v) is 11.4. The van der Waals surface area contributed by atoms with Crippen LogP contribution in [0.25, 0.3) is 0 Å². The normalized spacial score (nSPS) is 14.0. The van der Waals surface area contributed by atoms with Crippen LogP contribution in [0.4, 0.5) is 17.1 Å². The van der Waals surface area contributed by atoms with Crippen molar-refractivity contribution in [2.45, 2.75) is 0 Å². The molecule has 0 aliphatic carbocycles. The van der Waals surface area contributed by atoms with Crippen LogP contribution in [0.15, 0.2) is 42.5 Å². The molecule has 2 aromatic carbocycles. The number of rotatable bonds is 1. The van der Waals surface area contributed by atoms with Gasteiger partial charge in [0.15, 0.2) is 0 Å². The van der Waals surface area contributed by atoms with E-state index in [1.165, 1.54) is 0 Å². The highest BCUT2D eigenvalue weighted by atomic mass is 35.5. The molecule has 1 N–H and O–H groups in total. The maximum Gasteiger partial charge on any atom is 0.244 e. The molecule has 96 valence electrons. The van der Waals surface area contributed by atoms with Crippen molar-refractivity contribution in [3.63, 3.8) is 0 Å². The summed E-state index contributed by atoms with van der Waals surface area (Å²) in [5.41, 5.74) is 2.38. The number of nitrogens with zero attached hydrogens (tertiary/aromatic N) is 1. The fourth-order valence-electron chi connectivity index (χ4n) is 2.14. The van der Waals surface area contributed by atoms with E-state index < -0.39 is 0 Å². The molecule has 1 amide bonds. The molecule has 0 spiro atoms. The Morgan fingerprint density at radius 2 is 1.89 bits per heavy atom. The second-order valence-electron chi connectivity index (χ2n) is 4.25. The summed E-state index contributed by atoms with van der Waals surface area (Å²) in [7, 11) is 0. The molecule has 1 aliphatic heterocycles. The molecule has 19 heavy (non-hydrogen) atoms. The van der Waals surface area contributed by atoms with Gasteiger partial charge in [0.05, 0.1) is 16.4 Å². The van der Waals surface area contributed by atoms with Gasteiger partial charge in [0, 0.05) is 10.7 Å². The van der Waals surface area contributed by atoms with Crippen molar-refractivity contribution in [1.82, 2.24) is 0 Å². The smallest absolute Gasteiger partial charge is 0.244 e. The predicted molar refractivity (Wildman–Crippen MR) is 78.5 cm³/mol. The Kier molecular flexibility index (Phi) is 3.09. The Hall–Kier alpha value is -1.71. The minimum Gasteiger partial charge on any atom is -0.330 e. The number of benzene rings is 2. The van der Waals surface area contributed by atoms with E-state index in [0.29, 0.717) is 15.7 Å². The second kappa shape index (κ2) is 4.76. The number of hydrogen-bond donors (Lipinski definition) is 1. The van der Waals surface area contributed by atoms with Crippen molar-refractivity contribution in [3.05, 3.63) is 52.5 Å². The van der Waals surface area contributed by atoms with Crippen molar-refractivity contribution >= 4 is 46.2 Å². The number of fused-ring (bicyclic) bond motifs is 1. The first kappa shape index (κ1) is 12.3. The van der Waals surface area contributed by atoms with E-state index in [0.717, 1.165) is 11.4 Å². The van der Waals surface area contributed by atoms with Crippen LogP contribution in [0.2, 0.25) is 10.0 Å². The van der Waals surface area contributed by atoms with Crippen LogP contribution < -0.4 is 10.2 Å². The third kappa shape index (κ3) is 2.27. The van der Waals surface area contributed by atoms with Crippen LogP contribution in [0.5, 0.6) is 0 Å². The second-order valence-corrected chi connectivity index (χ2v) is 5.09. The van der Waals surface area contributed by atoms with E-state index in [9.17, 15) is 4.79 Å². The van der Waals surface area contributed by atoms with Crippen LogP contribution in [0, 0.1) is 0 Å². The van der Waals surface area contributed by atoms with E-state index in [4.69, 9.17) is 23.2 Å². The lowest BCUT2D eigenvalue weighted by Gasteiger charge is -2.31. The molecule has 0 aromatic heterocycles. The van der Waals surface area contributed by atoms with E-state index in [2.05, 4.69) is 5.32 Å². The Morgan fingerprint density at radius 3 is 2.68 bits per heavy atom. The topological polar surface area (TPSA) is 32.3 Å². The number of carbonyl (C=O) groups is 1. The van der Waals surface area contributed by atoms with Crippen LogP contribution in [-0.2, 0) is 4.79 Å². The first-order valence-corrected chi connectivity index (χ1v) is 6.52. The molecule has 2 aromatic rings. The highest BCUT2D eigenvalue weighted by molar-refractivity contribution is 6.35. The SMILES string of the molecule is O=C1CN(c2cccc(Cl)c2)c2cccc(Cl)c2N1. The number of nitrogens with one attached hydrogen (secondary N) is 1. The quantitative estimate of drug-likeness (QED) is 0.859. The highest BCUT2D eigenvalue weighted by Gasteiger charge is 2.24. The maximum absolute atomic E-state index is 11.8. The number of halogens is 2. The Balaban J connectivity index is 2.14. The van der Waals surface area contributed by atoms with Gasteiger partial charge in [-0.2, -0.15) is 0 Å². The molecule has 1 aliphatic rings. The number of hydrogen-bond acceptors (Lipinski definition) is 2. The molecule has 0 fully saturated rings. The van der Waals surface area contributed by atoms with E-state index in [1.54, 1.807) is 12.1 Å². The van der Waals surface area contributed by atoms with Crippen molar-refractivity contribution < 1.29 is 4.79 Å². The van der Waals surface area contributed by atoms with Crippen LogP contribution in [-0.4, -0.2) is 12.5 Å². The summed E-state index contributed by atoms with van der Waals surface area (Å²) in [6, 6.07) is 12.9. The minimum absolute atomic E-state index is 0.0967. The zero-order chi connectivity index (χ0) is 13.4. The molecule has 0 radical (unpaired) electrons. The summed E-state index contributed by atoms with van der Waals surface area (Å²) in [6.07, 6.45) is 0. The monoisotopic (exact) mass is 292 g/mol. The van der Waals surface area contributed by atoms with Gasteiger partial charge in [0.25, 0.3) is 0 Å². The van der Waals surface area contributed by atoms with Gasteiger partial charge in [-0.05, 0) is 30.3 Å². The Labute approximate surface area is 120 Å². The molecular formula is C14H10Cl2N2O. The van der Waals surface area contributed by atoms with Crippen molar-refractivity contribution in [3.8, 4) is 0 Å². The molecule has 0 atom stereocenters. The standard InChI is InChI=1S/C14H10Cl2N2O/c15-9-3-1-4-10(7-9)18-8-13(19)17-14-11(16)5-2-6-12(14)18/h1-7H,8H2,(H,17,19). The molecule has 0 saturated carbocycles. The fraction of sp³-hybridized carbons (Fsp3) is 0.0714. The summed E-state index contributed by atoms with van der Waals surface area (Å²) < 4.78 is 0. The highest BCUT2D eigenvalue weighted by Crippen LogP contribution is 2.39. The Bertz CT molecular complexity index is 658. The van der Waals surface area contributed by atoms with Crippen LogP contribution in [0.1, 0.15) is 0 Å². The molecule has 3 nitrogen and oxygen atoms in total. The first-order valence-electron chi connectivity index (χ1n) is 5.76. The lowest BCUT2D eigenvalue weighted by atomic mass is 10.1. The van der Waals surface area contributed by atoms with Crippen molar-refractivity contribution in [2.24, 2.45) is 0 Å². The predicted octanol–water partition coefficient (Wildman–Crippen LogP) is 4.08. The van der Waals surface area contributed by atoms with Gasteiger partial charge in [-0.3, -0.25) is 4.79 Å². The summed E-state index contributed by atoms with van der Waals surface area (Å²) >= 11 is 12.1. The third-order valence-electron chi connectivity index (χ3n) is 2.97. The fourth-order valence-corrected chi connectivity index (χ4v) is 2.54. The molecule has 0 saturated heterocycles. The summed E-state index contributed by atoms with van der Waals surface area (Å²) in [4.78, 5) is 13.7. The van der Waals surface area contributed by atoms with Crippen molar-refractivity contribution in [1.29, 1.82) is 0 Å². The molecule has 3 rings (SSSR count). The van der Waals surface area contributed by atoms with Gasteiger partial charge in [-0.15, -0.1) is 0 Å². The van der Waals surface area contributed by atoms with Gasteiger partial charge >= 0.3 is 0 Å². The number of para-hydroxylation sites is 1. The van der Waals surface area contributed by atoms with Crippen molar-refractivity contribution in [2.75, 3.05) is 16.8 Å². The summed E-state index contributed by atoms with van der Waals surface area (Å²) in [5.74, 6) is -0.0967. The molecule has 0 unspecified atom stereocenters. The molecule has 5 heteroatoms. The zero-order valence-electron chi connectivity index (χ0n) is 9.86. The molecular weight excluding hydrogens is 283 g/mol. The van der Waals surface area contributed by atoms with Gasteiger partial charge in [-0.25, -0.2) is 0 Å². The third-order valence-corrected chi connectivity index (χ3v) is 3.52. The maximum atomic E-state index is 11.8. The van der Waals surface area contributed by atoms with Gasteiger partial charge in [0.2, 0.25) is 5.91 Å². The van der Waals surface area contributed by atoms with E-state index >= 15 is 0 Å². The number of anilines is 3. The average molecular weight is 293 g/mol. The summed E-state index contributed by atoms with van der Waals surface area (Å²) in [6.45, 7) is 0.244. The lowest BCUT2D eigenvalue weighted by Crippen LogP contribution is -2.35. The first-order chi connectivity index (χ1) is 9.15. The minimum atomic E-state index is -0.0967. The average Bonchev–Trinajstić information content (AvgIpc) is 2.39. The largest absolute Gasteiger partial charge is 0.330 e. The van der Waals surface area contributed by atoms with Gasteiger partial charge < -0.3 is 10.2 Å². The van der Waals surface area contributed by atoms with Crippen LogP contribution in [0.3, 0.4) is 0 Å². The lowest BCUT2D eigenvalue weighted by molar-refractivity contribution is -0.115. The molecule has 0 bridgehead atoms. The van der Waals surface area contributed by atoms with E-state index in [1.807, 2.05) is 35.2 Å². The van der Waals surface area contributed by atoms with Gasteiger partial charge in [-0.1, -0.05) is 35.3 Å². The number of amides is 1. The molecule has 1 heterocycles. The van der Waals surface area contributed by atoms with Gasteiger partial charge in [0.1, 0.15) is 6.54 Å². The Morgan fingerprint density at radius 1 is 1.11 bits per heavy atom. The van der Waals surface area contributed by atoms with Crippen LogP contribution >= 0.6 is 23.2 Å².